The molecule has 0 aromatic carbocycles. The zero-order valence-electron chi connectivity index (χ0n) is 43.7. The number of amides is 1. The third kappa shape index (κ3) is 37.9. The van der Waals surface area contributed by atoms with Crippen molar-refractivity contribution in [3.05, 3.63) is 36.5 Å². The van der Waals surface area contributed by atoms with Crippen LogP contribution in [0.3, 0.4) is 0 Å². The van der Waals surface area contributed by atoms with Gasteiger partial charge in [-0.05, 0) is 44.9 Å². The molecule has 0 radical (unpaired) electrons. The van der Waals surface area contributed by atoms with Gasteiger partial charge in [0.15, 0.2) is 6.29 Å². The van der Waals surface area contributed by atoms with E-state index >= 15 is 0 Å². The third-order valence-corrected chi connectivity index (χ3v) is 13.7. The normalized spacial score (nSPS) is 19.9. The van der Waals surface area contributed by atoms with E-state index in [9.17, 15) is 30.3 Å². The summed E-state index contributed by atoms with van der Waals surface area (Å²) < 4.78 is 11.2. The molecule has 1 aliphatic rings. The predicted molar refractivity (Wildman–Crippen MR) is 281 cm³/mol. The van der Waals surface area contributed by atoms with Crippen molar-refractivity contribution < 1.29 is 39.8 Å². The van der Waals surface area contributed by atoms with Gasteiger partial charge < -0.3 is 40.3 Å². The molecule has 1 heterocycles. The third-order valence-electron chi connectivity index (χ3n) is 13.7. The number of aliphatic hydroxyl groups excluding tert-OH is 5. The Morgan fingerprint density at radius 3 is 1.34 bits per heavy atom. The minimum absolute atomic E-state index is 0.190. The number of ether oxygens (including phenoxy) is 2. The maximum Gasteiger partial charge on any atom is 0.220 e. The van der Waals surface area contributed by atoms with E-state index in [4.69, 9.17) is 9.47 Å². The van der Waals surface area contributed by atoms with Crippen molar-refractivity contribution in [3.8, 4) is 0 Å². The lowest BCUT2D eigenvalue weighted by atomic mass is 9.99. The molecule has 0 bridgehead atoms. The molecule has 67 heavy (non-hydrogen) atoms. The Balaban J connectivity index is 2.15. The van der Waals surface area contributed by atoms with Gasteiger partial charge in [-0.3, -0.25) is 4.79 Å². The predicted octanol–water partition coefficient (Wildman–Crippen LogP) is 14.0. The lowest BCUT2D eigenvalue weighted by Crippen LogP contribution is -2.60. The van der Waals surface area contributed by atoms with Crippen LogP contribution in [0.15, 0.2) is 36.5 Å². The van der Waals surface area contributed by atoms with Crippen molar-refractivity contribution in [2.75, 3.05) is 13.2 Å². The van der Waals surface area contributed by atoms with E-state index in [1.807, 2.05) is 6.08 Å². The number of aliphatic hydroxyl groups is 5. The van der Waals surface area contributed by atoms with Crippen LogP contribution in [0.2, 0.25) is 0 Å². The molecular formula is C58H109NO8. The fraction of sp³-hybridized carbons (Fsp3) is 0.879. The first-order chi connectivity index (χ1) is 32.8. The summed E-state index contributed by atoms with van der Waals surface area (Å²) in [5.74, 6) is -0.190. The lowest BCUT2D eigenvalue weighted by molar-refractivity contribution is -0.302. The van der Waals surface area contributed by atoms with Crippen LogP contribution in [0.25, 0.3) is 0 Å². The molecule has 394 valence electrons. The second-order valence-electron chi connectivity index (χ2n) is 20.1. The molecule has 1 amide bonds. The van der Waals surface area contributed by atoms with Crippen molar-refractivity contribution in [1.82, 2.24) is 5.32 Å². The number of rotatable bonds is 49. The maximum atomic E-state index is 13.0. The van der Waals surface area contributed by atoms with Gasteiger partial charge in [0, 0.05) is 6.42 Å². The molecule has 0 aromatic heterocycles. The molecule has 0 aromatic rings. The van der Waals surface area contributed by atoms with Crippen LogP contribution in [-0.2, 0) is 14.3 Å². The van der Waals surface area contributed by atoms with Crippen molar-refractivity contribution in [3.63, 3.8) is 0 Å². The van der Waals surface area contributed by atoms with Gasteiger partial charge in [-0.15, -0.1) is 0 Å². The highest BCUT2D eigenvalue weighted by Gasteiger charge is 2.44. The Labute approximate surface area is 412 Å². The Hall–Kier alpha value is -1.59. The second kappa shape index (κ2) is 48.1. The molecule has 7 atom stereocenters. The van der Waals surface area contributed by atoms with Crippen LogP contribution in [0, 0.1) is 0 Å². The van der Waals surface area contributed by atoms with Crippen molar-refractivity contribution in [1.29, 1.82) is 0 Å². The van der Waals surface area contributed by atoms with Gasteiger partial charge in [-0.25, -0.2) is 0 Å². The molecule has 1 aliphatic heterocycles. The summed E-state index contributed by atoms with van der Waals surface area (Å²) in [5, 5.41) is 54.4. The zero-order valence-corrected chi connectivity index (χ0v) is 43.7. The van der Waals surface area contributed by atoms with E-state index in [-0.39, 0.29) is 12.5 Å². The van der Waals surface area contributed by atoms with Gasteiger partial charge in [0.1, 0.15) is 24.4 Å². The second-order valence-corrected chi connectivity index (χ2v) is 20.1. The standard InChI is InChI=1S/C58H109NO8/c1-3-5-7-9-11-13-15-17-18-19-20-21-22-23-24-25-26-27-28-29-30-31-32-33-34-36-37-39-41-43-45-47-52(61)51(50-66-58-57(65)56(64)55(63)53(49-60)67-58)59-54(62)48-46-44-42-40-38-35-16-14-12-10-8-6-4-2/h8,10,14,16,45,47,51-53,55-58,60-61,63-65H,3-7,9,11-13,15,17-44,46,48-50H2,1-2H3,(H,59,62)/b10-8-,16-14-,47-45+. The largest absolute Gasteiger partial charge is 0.394 e. The van der Waals surface area contributed by atoms with Crippen molar-refractivity contribution in [2.45, 2.75) is 314 Å². The molecular weight excluding hydrogens is 839 g/mol. The van der Waals surface area contributed by atoms with Crippen LogP contribution in [0.5, 0.6) is 0 Å². The van der Waals surface area contributed by atoms with E-state index in [2.05, 4.69) is 43.5 Å². The molecule has 0 spiro atoms. The number of hydrogen-bond donors (Lipinski definition) is 6. The van der Waals surface area contributed by atoms with Gasteiger partial charge in [0.05, 0.1) is 25.4 Å². The summed E-state index contributed by atoms with van der Waals surface area (Å²) in [6.07, 6.45) is 55.2. The number of allylic oxidation sites excluding steroid dienone is 5. The molecule has 9 heteroatoms. The van der Waals surface area contributed by atoms with E-state index in [0.717, 1.165) is 70.6 Å². The molecule has 1 saturated heterocycles. The molecule has 1 fully saturated rings. The summed E-state index contributed by atoms with van der Waals surface area (Å²) in [7, 11) is 0. The average Bonchev–Trinajstić information content (AvgIpc) is 3.33. The molecule has 1 rings (SSSR count). The van der Waals surface area contributed by atoms with E-state index in [1.165, 1.54) is 180 Å². The Morgan fingerprint density at radius 2 is 0.910 bits per heavy atom. The molecule has 9 nitrogen and oxygen atoms in total. The monoisotopic (exact) mass is 948 g/mol. The smallest absolute Gasteiger partial charge is 0.220 e. The van der Waals surface area contributed by atoms with Crippen LogP contribution >= 0.6 is 0 Å². The summed E-state index contributed by atoms with van der Waals surface area (Å²) in [6.45, 7) is 3.72. The molecule has 6 N–H and O–H groups in total. The summed E-state index contributed by atoms with van der Waals surface area (Å²) in [4.78, 5) is 13.0. The van der Waals surface area contributed by atoms with Gasteiger partial charge in [0.2, 0.25) is 5.91 Å². The summed E-state index contributed by atoms with van der Waals surface area (Å²) >= 11 is 0. The first-order valence-electron chi connectivity index (χ1n) is 28.7. The maximum absolute atomic E-state index is 13.0. The van der Waals surface area contributed by atoms with E-state index < -0.39 is 49.5 Å². The highest BCUT2D eigenvalue weighted by Crippen LogP contribution is 2.23. The Morgan fingerprint density at radius 1 is 0.507 bits per heavy atom. The van der Waals surface area contributed by atoms with Crippen LogP contribution in [0.1, 0.15) is 271 Å². The van der Waals surface area contributed by atoms with Crippen molar-refractivity contribution >= 4 is 5.91 Å². The van der Waals surface area contributed by atoms with E-state index in [0.29, 0.717) is 6.42 Å². The zero-order chi connectivity index (χ0) is 48.7. The van der Waals surface area contributed by atoms with E-state index in [1.54, 1.807) is 6.08 Å². The van der Waals surface area contributed by atoms with Crippen LogP contribution in [0.4, 0.5) is 0 Å². The Kier molecular flexibility index (Phi) is 45.5. The quantitative estimate of drug-likeness (QED) is 0.0261. The number of hydrogen-bond acceptors (Lipinski definition) is 8. The number of unbranched alkanes of at least 4 members (excludes halogenated alkanes) is 35. The van der Waals surface area contributed by atoms with Gasteiger partial charge in [0.25, 0.3) is 0 Å². The fourth-order valence-corrected chi connectivity index (χ4v) is 9.14. The lowest BCUT2D eigenvalue weighted by Gasteiger charge is -2.40. The van der Waals surface area contributed by atoms with Crippen molar-refractivity contribution in [2.24, 2.45) is 0 Å². The number of carbonyl (C=O) groups is 1. The van der Waals surface area contributed by atoms with Crippen LogP contribution in [-0.4, -0.2) is 87.5 Å². The van der Waals surface area contributed by atoms with Gasteiger partial charge in [-0.2, -0.15) is 0 Å². The average molecular weight is 949 g/mol. The summed E-state index contributed by atoms with van der Waals surface area (Å²) in [6, 6.07) is -0.812. The van der Waals surface area contributed by atoms with Crippen LogP contribution < -0.4 is 5.32 Å². The molecule has 7 unspecified atom stereocenters. The minimum atomic E-state index is -1.57. The first-order valence-corrected chi connectivity index (χ1v) is 28.7. The van der Waals surface area contributed by atoms with Gasteiger partial charge in [-0.1, -0.05) is 256 Å². The molecule has 0 aliphatic carbocycles. The fourth-order valence-electron chi connectivity index (χ4n) is 9.14. The molecule has 0 saturated carbocycles. The highest BCUT2D eigenvalue weighted by molar-refractivity contribution is 5.76. The SMILES string of the molecule is CCC/C=C\C/C=C\CCCCCCCC(=O)NC(COC1OC(CO)C(O)C(O)C1O)C(O)/C=C/CCCCCCCCCCCCCCCCCCCCCCCCCCCCCCC. The Bertz CT molecular complexity index is 1150. The highest BCUT2D eigenvalue weighted by atomic mass is 16.7. The number of nitrogens with one attached hydrogen (secondary N) is 1. The first kappa shape index (κ1) is 63.4. The number of carbonyl (C=O) groups excluding carboxylic acids is 1. The summed E-state index contributed by atoms with van der Waals surface area (Å²) in [5.41, 5.74) is 0. The minimum Gasteiger partial charge on any atom is -0.394 e. The topological polar surface area (TPSA) is 149 Å². The van der Waals surface area contributed by atoms with Gasteiger partial charge >= 0.3 is 0 Å².